The Labute approximate surface area is 192 Å². The van der Waals surface area contributed by atoms with Gasteiger partial charge < -0.3 is 14.2 Å². The van der Waals surface area contributed by atoms with E-state index in [4.69, 9.17) is 14.2 Å². The molecular formula is C26H38N2O4. The molecule has 176 valence electrons. The summed E-state index contributed by atoms with van der Waals surface area (Å²) < 4.78 is 16.8. The summed E-state index contributed by atoms with van der Waals surface area (Å²) in [6, 6.07) is 7.93. The highest BCUT2D eigenvalue weighted by Crippen LogP contribution is 2.21. The molecular weight excluding hydrogens is 404 g/mol. The summed E-state index contributed by atoms with van der Waals surface area (Å²) in [6.07, 6.45) is 12.5. The Morgan fingerprint density at radius 3 is 2.31 bits per heavy atom. The molecule has 0 N–H and O–H groups in total. The molecule has 0 fully saturated rings. The molecule has 0 amide bonds. The Balaban J connectivity index is 1.70. The Kier molecular flexibility index (Phi) is 12.2. The van der Waals surface area contributed by atoms with Crippen molar-refractivity contribution in [3.63, 3.8) is 0 Å². The molecule has 1 heterocycles. The topological polar surface area (TPSA) is 70.5 Å². The molecule has 1 aromatic carbocycles. The number of rotatable bonds is 16. The number of carbonyl (C=O) groups excluding carboxylic acids is 1. The van der Waals surface area contributed by atoms with Crippen molar-refractivity contribution in [3.05, 3.63) is 36.7 Å². The van der Waals surface area contributed by atoms with Crippen molar-refractivity contribution in [1.82, 2.24) is 9.97 Å². The second-order valence-electron chi connectivity index (χ2n) is 8.07. The van der Waals surface area contributed by atoms with Gasteiger partial charge in [0, 0.05) is 18.4 Å². The van der Waals surface area contributed by atoms with Gasteiger partial charge >= 0.3 is 5.97 Å². The minimum absolute atomic E-state index is 0.164. The lowest BCUT2D eigenvalue weighted by atomic mass is 10.1. The first kappa shape index (κ1) is 25.6. The molecule has 0 aliphatic carbocycles. The van der Waals surface area contributed by atoms with Gasteiger partial charge in [-0.1, -0.05) is 46.0 Å². The van der Waals surface area contributed by atoms with Crippen molar-refractivity contribution < 1.29 is 19.0 Å². The zero-order valence-electron chi connectivity index (χ0n) is 19.8. The van der Waals surface area contributed by atoms with Crippen molar-refractivity contribution in [2.45, 2.75) is 84.7 Å². The van der Waals surface area contributed by atoms with Crippen molar-refractivity contribution in [2.75, 3.05) is 13.2 Å². The molecule has 0 spiro atoms. The molecule has 1 unspecified atom stereocenters. The smallest absolute Gasteiger partial charge is 0.306 e. The molecule has 2 rings (SSSR count). The first-order chi connectivity index (χ1) is 15.6. The van der Waals surface area contributed by atoms with Crippen LogP contribution in [0, 0.1) is 0 Å². The fourth-order valence-corrected chi connectivity index (χ4v) is 3.21. The van der Waals surface area contributed by atoms with E-state index in [-0.39, 0.29) is 12.1 Å². The van der Waals surface area contributed by atoms with Crippen LogP contribution in [0.4, 0.5) is 0 Å². The second kappa shape index (κ2) is 15.2. The normalized spacial score (nSPS) is 11.7. The number of benzene rings is 1. The lowest BCUT2D eigenvalue weighted by molar-refractivity contribution is -0.148. The van der Waals surface area contributed by atoms with Crippen LogP contribution < -0.4 is 9.47 Å². The average Bonchev–Trinajstić information content (AvgIpc) is 2.79. The van der Waals surface area contributed by atoms with Crippen LogP contribution in [0.3, 0.4) is 0 Å². The summed E-state index contributed by atoms with van der Waals surface area (Å²) in [5.74, 6) is 1.17. The molecule has 0 aliphatic heterocycles. The van der Waals surface area contributed by atoms with E-state index in [0.29, 0.717) is 25.3 Å². The minimum Gasteiger partial charge on any atom is -0.494 e. The van der Waals surface area contributed by atoms with Crippen LogP contribution in [0.2, 0.25) is 0 Å². The van der Waals surface area contributed by atoms with E-state index >= 15 is 0 Å². The van der Waals surface area contributed by atoms with Crippen LogP contribution in [0.1, 0.15) is 78.6 Å². The second-order valence-corrected chi connectivity index (χ2v) is 8.07. The average molecular weight is 443 g/mol. The van der Waals surface area contributed by atoms with Crippen LogP contribution in [-0.2, 0) is 9.53 Å². The summed E-state index contributed by atoms with van der Waals surface area (Å²) in [4.78, 5) is 20.3. The Morgan fingerprint density at radius 1 is 0.875 bits per heavy atom. The first-order valence-corrected chi connectivity index (χ1v) is 12.0. The van der Waals surface area contributed by atoms with Crippen LogP contribution >= 0.6 is 0 Å². The highest BCUT2D eigenvalue weighted by atomic mass is 16.5. The van der Waals surface area contributed by atoms with E-state index < -0.39 is 0 Å². The third kappa shape index (κ3) is 10.1. The lowest BCUT2D eigenvalue weighted by Gasteiger charge is -2.13. The van der Waals surface area contributed by atoms with Crippen molar-refractivity contribution >= 4 is 5.97 Å². The number of nitrogens with zero attached hydrogens (tertiary/aromatic N) is 2. The van der Waals surface area contributed by atoms with E-state index in [1.807, 2.05) is 38.1 Å². The largest absolute Gasteiger partial charge is 0.494 e. The molecule has 32 heavy (non-hydrogen) atoms. The number of esters is 1. The maximum absolute atomic E-state index is 11.5. The predicted octanol–water partition coefficient (Wildman–Crippen LogP) is 6.38. The summed E-state index contributed by atoms with van der Waals surface area (Å²) in [6.45, 7) is 7.23. The molecule has 6 nitrogen and oxygen atoms in total. The van der Waals surface area contributed by atoms with Gasteiger partial charge in [0.2, 0.25) is 5.88 Å². The monoisotopic (exact) mass is 442 g/mol. The van der Waals surface area contributed by atoms with Crippen molar-refractivity contribution in [1.29, 1.82) is 0 Å². The third-order valence-electron chi connectivity index (χ3n) is 5.11. The van der Waals surface area contributed by atoms with E-state index in [0.717, 1.165) is 36.5 Å². The number of hydrogen-bond donors (Lipinski definition) is 0. The third-order valence-corrected chi connectivity index (χ3v) is 5.11. The molecule has 6 heteroatoms. The van der Waals surface area contributed by atoms with Crippen LogP contribution in [0.15, 0.2) is 36.7 Å². The van der Waals surface area contributed by atoms with Crippen LogP contribution in [-0.4, -0.2) is 35.3 Å². The Bertz CT molecular complexity index is 762. The molecule has 0 saturated carbocycles. The molecule has 1 atom stereocenters. The Morgan fingerprint density at radius 2 is 1.62 bits per heavy atom. The van der Waals surface area contributed by atoms with Gasteiger partial charge in [0.25, 0.3) is 0 Å². The van der Waals surface area contributed by atoms with Gasteiger partial charge in [-0.3, -0.25) is 4.79 Å². The van der Waals surface area contributed by atoms with Gasteiger partial charge in [-0.15, -0.1) is 0 Å². The van der Waals surface area contributed by atoms with Crippen LogP contribution in [0.25, 0.3) is 11.3 Å². The molecule has 0 bridgehead atoms. The zero-order chi connectivity index (χ0) is 23.0. The van der Waals surface area contributed by atoms with Crippen molar-refractivity contribution in [3.8, 4) is 22.9 Å². The minimum atomic E-state index is -0.178. The number of hydrogen-bond acceptors (Lipinski definition) is 6. The quantitative estimate of drug-likeness (QED) is 0.222. The number of unbranched alkanes of at least 4 members (excludes halogenated alkanes) is 5. The number of aromatic nitrogens is 2. The molecule has 2 aromatic rings. The van der Waals surface area contributed by atoms with Gasteiger partial charge in [0.05, 0.1) is 31.3 Å². The zero-order valence-corrected chi connectivity index (χ0v) is 19.8. The van der Waals surface area contributed by atoms with Gasteiger partial charge in [0.15, 0.2) is 0 Å². The fraction of sp³-hybridized carbons (Fsp3) is 0.577. The van der Waals surface area contributed by atoms with Gasteiger partial charge in [-0.05, 0) is 44.0 Å². The number of carbonyl (C=O) groups is 1. The van der Waals surface area contributed by atoms with E-state index in [1.54, 1.807) is 12.4 Å². The standard InChI is InChI=1S/C26H38N2O4/c1-4-6-7-8-9-10-17-30-23-14-12-22(13-15-23)24-19-28-25(20-27-24)31-18-16-21(3)32-26(29)11-5-2/h12-15,19-21H,4-11,16-18H2,1-3H3. The predicted molar refractivity (Wildman–Crippen MR) is 127 cm³/mol. The van der Waals surface area contributed by atoms with Gasteiger partial charge in [-0.2, -0.15) is 0 Å². The maximum Gasteiger partial charge on any atom is 0.306 e. The van der Waals surface area contributed by atoms with E-state index in [2.05, 4.69) is 16.9 Å². The summed E-state index contributed by atoms with van der Waals surface area (Å²) in [7, 11) is 0. The maximum atomic E-state index is 11.5. The molecule has 1 aromatic heterocycles. The highest BCUT2D eigenvalue weighted by molar-refractivity contribution is 5.69. The molecule has 0 radical (unpaired) electrons. The highest BCUT2D eigenvalue weighted by Gasteiger charge is 2.09. The molecule has 0 saturated heterocycles. The lowest BCUT2D eigenvalue weighted by Crippen LogP contribution is -2.17. The first-order valence-electron chi connectivity index (χ1n) is 12.0. The summed E-state index contributed by atoms with van der Waals surface area (Å²) >= 11 is 0. The summed E-state index contributed by atoms with van der Waals surface area (Å²) in [5, 5.41) is 0. The fourth-order valence-electron chi connectivity index (χ4n) is 3.21. The number of ether oxygens (including phenoxy) is 3. The van der Waals surface area contributed by atoms with E-state index in [9.17, 15) is 4.79 Å². The van der Waals surface area contributed by atoms with Crippen LogP contribution in [0.5, 0.6) is 11.6 Å². The SMILES string of the molecule is CCCCCCCCOc1ccc(-c2cnc(OCCC(C)OC(=O)CCC)cn2)cc1. The Hall–Kier alpha value is -2.63. The van der Waals surface area contributed by atoms with E-state index in [1.165, 1.54) is 32.1 Å². The summed E-state index contributed by atoms with van der Waals surface area (Å²) in [5.41, 5.74) is 1.76. The molecule has 0 aliphatic rings. The van der Waals surface area contributed by atoms with Gasteiger partial charge in [0.1, 0.15) is 11.9 Å². The van der Waals surface area contributed by atoms with Crippen molar-refractivity contribution in [2.24, 2.45) is 0 Å². The van der Waals surface area contributed by atoms with Gasteiger partial charge in [-0.25, -0.2) is 9.97 Å².